The fourth-order valence-electron chi connectivity index (χ4n) is 2.72. The largest absolute Gasteiger partial charge is 0.477 e. The van der Waals surface area contributed by atoms with Crippen LogP contribution in [-0.4, -0.2) is 41.7 Å². The highest BCUT2D eigenvalue weighted by Gasteiger charge is 2.32. The number of rotatable bonds is 7. The van der Waals surface area contributed by atoms with Gasteiger partial charge in [0.2, 0.25) is 5.88 Å². The van der Waals surface area contributed by atoms with Crippen molar-refractivity contribution in [2.45, 2.75) is 51.1 Å². The number of anilines is 1. The standard InChI is InChI=1S/C15H24N4O/c1-2-8-20-15-10-16-9-14(18-15)19(13-5-6-13)11-12-4-3-7-17-12/h9-10,12-13,17H,2-8,11H2,1H3. The second-order valence-electron chi connectivity index (χ2n) is 5.74. The molecule has 1 saturated heterocycles. The van der Waals surface area contributed by atoms with Gasteiger partial charge in [-0.2, -0.15) is 4.98 Å². The Morgan fingerprint density at radius 3 is 2.95 bits per heavy atom. The van der Waals surface area contributed by atoms with Crippen LogP contribution in [0.4, 0.5) is 5.82 Å². The van der Waals surface area contributed by atoms with Crippen LogP contribution in [0.15, 0.2) is 12.4 Å². The van der Waals surface area contributed by atoms with Crippen LogP contribution in [0.3, 0.4) is 0 Å². The van der Waals surface area contributed by atoms with E-state index in [1.54, 1.807) is 6.20 Å². The smallest absolute Gasteiger partial charge is 0.234 e. The van der Waals surface area contributed by atoms with Gasteiger partial charge in [0, 0.05) is 18.6 Å². The van der Waals surface area contributed by atoms with E-state index >= 15 is 0 Å². The van der Waals surface area contributed by atoms with Gasteiger partial charge in [0.25, 0.3) is 0 Å². The predicted octanol–water partition coefficient (Wildman–Crippen LogP) is 1.99. The molecule has 5 nitrogen and oxygen atoms in total. The van der Waals surface area contributed by atoms with Gasteiger partial charge in [-0.05, 0) is 38.6 Å². The Hall–Kier alpha value is -1.36. The van der Waals surface area contributed by atoms with Crippen molar-refractivity contribution in [3.63, 3.8) is 0 Å². The SMILES string of the molecule is CCCOc1cncc(N(CC2CCCN2)C2CC2)n1. The molecule has 1 aromatic heterocycles. The van der Waals surface area contributed by atoms with Crippen LogP contribution in [0.2, 0.25) is 0 Å². The normalized spacial score (nSPS) is 21.9. The highest BCUT2D eigenvalue weighted by atomic mass is 16.5. The number of nitrogens with one attached hydrogen (secondary N) is 1. The Kier molecular flexibility index (Phi) is 4.35. The summed E-state index contributed by atoms with van der Waals surface area (Å²) in [5, 5.41) is 3.57. The molecule has 110 valence electrons. The molecule has 0 bridgehead atoms. The van der Waals surface area contributed by atoms with E-state index in [-0.39, 0.29) is 0 Å². The van der Waals surface area contributed by atoms with Gasteiger partial charge in [0.05, 0.1) is 19.0 Å². The van der Waals surface area contributed by atoms with Gasteiger partial charge >= 0.3 is 0 Å². The van der Waals surface area contributed by atoms with E-state index in [0.29, 0.717) is 24.6 Å². The van der Waals surface area contributed by atoms with Gasteiger partial charge < -0.3 is 15.0 Å². The highest BCUT2D eigenvalue weighted by molar-refractivity contribution is 5.41. The van der Waals surface area contributed by atoms with E-state index in [4.69, 9.17) is 4.74 Å². The van der Waals surface area contributed by atoms with Crippen LogP contribution >= 0.6 is 0 Å². The van der Waals surface area contributed by atoms with Crippen molar-refractivity contribution in [3.05, 3.63) is 12.4 Å². The van der Waals surface area contributed by atoms with E-state index in [1.807, 2.05) is 6.20 Å². The average Bonchev–Trinajstić information content (AvgIpc) is 3.19. The summed E-state index contributed by atoms with van der Waals surface area (Å²) in [7, 11) is 0. The Morgan fingerprint density at radius 2 is 2.25 bits per heavy atom. The molecule has 2 fully saturated rings. The molecule has 0 aromatic carbocycles. The number of ether oxygens (including phenoxy) is 1. The van der Waals surface area contributed by atoms with Gasteiger partial charge in [-0.15, -0.1) is 0 Å². The van der Waals surface area contributed by atoms with Gasteiger partial charge in [-0.3, -0.25) is 4.98 Å². The maximum Gasteiger partial charge on any atom is 0.234 e. The van der Waals surface area contributed by atoms with Gasteiger partial charge in [-0.1, -0.05) is 6.92 Å². The molecule has 1 aliphatic carbocycles. The summed E-state index contributed by atoms with van der Waals surface area (Å²) in [5.41, 5.74) is 0. The molecule has 0 radical (unpaired) electrons. The van der Waals surface area contributed by atoms with Crippen LogP contribution in [0.5, 0.6) is 5.88 Å². The number of nitrogens with zero attached hydrogens (tertiary/aromatic N) is 3. The molecule has 0 amide bonds. The summed E-state index contributed by atoms with van der Waals surface area (Å²) in [4.78, 5) is 11.3. The lowest BCUT2D eigenvalue weighted by molar-refractivity contribution is 0.304. The topological polar surface area (TPSA) is 50.3 Å². The van der Waals surface area contributed by atoms with Crippen molar-refractivity contribution < 1.29 is 4.74 Å². The molecular weight excluding hydrogens is 252 g/mol. The quantitative estimate of drug-likeness (QED) is 0.825. The van der Waals surface area contributed by atoms with Crippen molar-refractivity contribution in [1.29, 1.82) is 0 Å². The second-order valence-corrected chi connectivity index (χ2v) is 5.74. The van der Waals surface area contributed by atoms with Crippen molar-refractivity contribution >= 4 is 5.82 Å². The molecule has 2 aliphatic rings. The Bertz CT molecular complexity index is 430. The number of hydrogen-bond acceptors (Lipinski definition) is 5. The Balaban J connectivity index is 1.69. The maximum atomic E-state index is 5.60. The summed E-state index contributed by atoms with van der Waals surface area (Å²) < 4.78 is 5.60. The summed E-state index contributed by atoms with van der Waals surface area (Å²) in [5.74, 6) is 1.61. The molecule has 3 rings (SSSR count). The van der Waals surface area contributed by atoms with E-state index in [2.05, 4.69) is 27.1 Å². The van der Waals surface area contributed by atoms with Crippen LogP contribution in [0.25, 0.3) is 0 Å². The zero-order valence-corrected chi connectivity index (χ0v) is 12.2. The second kappa shape index (κ2) is 6.39. The molecule has 20 heavy (non-hydrogen) atoms. The summed E-state index contributed by atoms with van der Waals surface area (Å²) in [6, 6.07) is 1.24. The third kappa shape index (κ3) is 3.39. The fraction of sp³-hybridized carbons (Fsp3) is 0.733. The van der Waals surface area contributed by atoms with E-state index in [0.717, 1.165) is 25.3 Å². The van der Waals surface area contributed by atoms with Gasteiger partial charge in [-0.25, -0.2) is 0 Å². The first-order valence-electron chi connectivity index (χ1n) is 7.81. The third-order valence-electron chi connectivity index (χ3n) is 3.92. The molecule has 1 saturated carbocycles. The highest BCUT2D eigenvalue weighted by Crippen LogP contribution is 2.31. The number of hydrogen-bond donors (Lipinski definition) is 1. The zero-order chi connectivity index (χ0) is 13.8. The predicted molar refractivity (Wildman–Crippen MR) is 79.2 cm³/mol. The van der Waals surface area contributed by atoms with Gasteiger partial charge in [0.1, 0.15) is 0 Å². The molecule has 1 aliphatic heterocycles. The van der Waals surface area contributed by atoms with Crippen molar-refractivity contribution in [2.75, 3.05) is 24.6 Å². The van der Waals surface area contributed by atoms with E-state index in [1.165, 1.54) is 25.7 Å². The molecule has 1 N–H and O–H groups in total. The molecular formula is C15H24N4O. The first-order valence-corrected chi connectivity index (χ1v) is 7.81. The minimum absolute atomic E-state index is 0.595. The molecule has 1 aromatic rings. The fourth-order valence-corrected chi connectivity index (χ4v) is 2.72. The minimum atomic E-state index is 0.595. The first kappa shape index (κ1) is 13.6. The Labute approximate surface area is 120 Å². The molecule has 1 atom stereocenters. The first-order chi connectivity index (χ1) is 9.86. The Morgan fingerprint density at radius 1 is 1.35 bits per heavy atom. The van der Waals surface area contributed by atoms with Crippen LogP contribution < -0.4 is 15.0 Å². The summed E-state index contributed by atoms with van der Waals surface area (Å²) >= 11 is 0. The van der Waals surface area contributed by atoms with Crippen LogP contribution in [0.1, 0.15) is 39.0 Å². The summed E-state index contributed by atoms with van der Waals surface area (Å²) in [6.45, 7) is 4.98. The minimum Gasteiger partial charge on any atom is -0.477 e. The monoisotopic (exact) mass is 276 g/mol. The third-order valence-corrected chi connectivity index (χ3v) is 3.92. The van der Waals surface area contributed by atoms with Crippen molar-refractivity contribution in [3.8, 4) is 5.88 Å². The lowest BCUT2D eigenvalue weighted by atomic mass is 10.2. The average molecular weight is 276 g/mol. The summed E-state index contributed by atoms with van der Waals surface area (Å²) in [6.07, 6.45) is 9.66. The van der Waals surface area contributed by atoms with Crippen LogP contribution in [0, 0.1) is 0 Å². The van der Waals surface area contributed by atoms with Gasteiger partial charge in [0.15, 0.2) is 5.82 Å². The molecule has 1 unspecified atom stereocenters. The molecule has 0 spiro atoms. The maximum absolute atomic E-state index is 5.60. The number of aromatic nitrogens is 2. The molecule has 5 heteroatoms. The zero-order valence-electron chi connectivity index (χ0n) is 12.2. The lowest BCUT2D eigenvalue weighted by Gasteiger charge is -2.26. The molecule has 2 heterocycles. The van der Waals surface area contributed by atoms with Crippen LogP contribution in [-0.2, 0) is 0 Å². The lowest BCUT2D eigenvalue weighted by Crippen LogP contribution is -2.39. The van der Waals surface area contributed by atoms with E-state index in [9.17, 15) is 0 Å². The van der Waals surface area contributed by atoms with Crippen molar-refractivity contribution in [1.82, 2.24) is 15.3 Å². The van der Waals surface area contributed by atoms with Crippen molar-refractivity contribution in [2.24, 2.45) is 0 Å². The van der Waals surface area contributed by atoms with E-state index < -0.39 is 0 Å².